The van der Waals surface area contributed by atoms with Crippen molar-refractivity contribution in [2.45, 2.75) is 26.2 Å². The molecule has 0 atom stereocenters. The number of anilines is 1. The summed E-state index contributed by atoms with van der Waals surface area (Å²) in [6.45, 7) is 7.56. The number of hydrogen-bond acceptors (Lipinski definition) is 4. The third-order valence-electron chi connectivity index (χ3n) is 5.43. The van der Waals surface area contributed by atoms with Gasteiger partial charge in [0.2, 0.25) is 0 Å². The monoisotopic (exact) mass is 445 g/mol. The lowest BCUT2D eigenvalue weighted by atomic mass is 10.2. The number of aromatic nitrogens is 4. The molecule has 0 aliphatic heterocycles. The second-order valence-electron chi connectivity index (χ2n) is 8.66. The molecule has 0 aliphatic rings. The minimum absolute atomic E-state index is 0.154. The van der Waals surface area contributed by atoms with Gasteiger partial charge in [-0.05, 0) is 24.3 Å². The molecule has 0 aliphatic carbocycles. The summed E-state index contributed by atoms with van der Waals surface area (Å²) in [6.07, 6.45) is 5.31. The van der Waals surface area contributed by atoms with Crippen LogP contribution in [0.25, 0.3) is 21.9 Å². The molecule has 0 spiro atoms. The molecule has 0 radical (unpaired) electrons. The largest absolute Gasteiger partial charge is 0.346 e. The van der Waals surface area contributed by atoms with Gasteiger partial charge in [-0.3, -0.25) is 4.79 Å². The molecule has 1 amide bonds. The minimum Gasteiger partial charge on any atom is -0.346 e. The minimum atomic E-state index is -1.46. The summed E-state index contributed by atoms with van der Waals surface area (Å²) >= 11 is 1.59. The van der Waals surface area contributed by atoms with Crippen molar-refractivity contribution in [1.82, 2.24) is 19.5 Å². The lowest BCUT2D eigenvalue weighted by Gasteiger charge is -2.16. The number of nitrogens with one attached hydrogen (secondary N) is 2. The fourth-order valence-corrected chi connectivity index (χ4v) is 5.54. The molecule has 6 nitrogen and oxygen atoms in total. The number of benzene rings is 1. The Balaban J connectivity index is 1.56. The fourth-order valence-electron chi connectivity index (χ4n) is 3.77. The topological polar surface area (TPSA) is 75.6 Å². The number of fused-ring (bicyclic) bond motifs is 2. The standard InChI is InChI=1S/C23H23N5OSSi/c1-31(2,3)18-4-5-19-16(11-18)12-20(28(19)14-21-24-8-9-30-21)23(29)27-17-10-15-6-7-25-22(15)26-13-17/h4-13H,14H2,1-3H3,(H,25,26)(H,27,29). The van der Waals surface area contributed by atoms with E-state index in [9.17, 15) is 4.79 Å². The van der Waals surface area contributed by atoms with Gasteiger partial charge < -0.3 is 14.9 Å². The van der Waals surface area contributed by atoms with Crippen molar-refractivity contribution in [3.05, 3.63) is 71.1 Å². The van der Waals surface area contributed by atoms with Crippen molar-refractivity contribution in [3.8, 4) is 0 Å². The van der Waals surface area contributed by atoms with Crippen LogP contribution in [-0.2, 0) is 6.54 Å². The van der Waals surface area contributed by atoms with Crippen LogP contribution in [-0.4, -0.2) is 33.5 Å². The third kappa shape index (κ3) is 3.80. The highest BCUT2D eigenvalue weighted by Crippen LogP contribution is 2.24. The quantitative estimate of drug-likeness (QED) is 0.381. The molecule has 0 saturated carbocycles. The summed E-state index contributed by atoms with van der Waals surface area (Å²) in [5.74, 6) is -0.154. The number of carbonyl (C=O) groups excluding carboxylic acids is 1. The van der Waals surface area contributed by atoms with E-state index in [0.29, 0.717) is 17.9 Å². The lowest BCUT2D eigenvalue weighted by Crippen LogP contribution is -2.37. The van der Waals surface area contributed by atoms with Crippen LogP contribution in [0.1, 0.15) is 15.5 Å². The first kappa shape index (κ1) is 19.7. The van der Waals surface area contributed by atoms with Crippen molar-refractivity contribution in [1.29, 1.82) is 0 Å². The summed E-state index contributed by atoms with van der Waals surface area (Å²) in [6, 6.07) is 12.4. The number of thiazole rings is 1. The van der Waals surface area contributed by atoms with E-state index >= 15 is 0 Å². The van der Waals surface area contributed by atoms with Gasteiger partial charge in [-0.2, -0.15) is 0 Å². The van der Waals surface area contributed by atoms with Gasteiger partial charge in [0.1, 0.15) is 16.3 Å². The number of nitrogens with zero attached hydrogens (tertiary/aromatic N) is 3. The highest BCUT2D eigenvalue weighted by Gasteiger charge is 2.21. The molecular weight excluding hydrogens is 422 g/mol. The number of aromatic amines is 1. The van der Waals surface area contributed by atoms with E-state index < -0.39 is 8.07 Å². The Kier molecular flexibility index (Phi) is 4.75. The van der Waals surface area contributed by atoms with Crippen molar-refractivity contribution >= 4 is 58.1 Å². The first-order chi connectivity index (χ1) is 14.9. The summed E-state index contributed by atoms with van der Waals surface area (Å²) < 4.78 is 2.06. The normalized spacial score (nSPS) is 12.0. The predicted molar refractivity (Wildman–Crippen MR) is 130 cm³/mol. The Bertz CT molecular complexity index is 1390. The maximum atomic E-state index is 13.3. The van der Waals surface area contributed by atoms with Crippen molar-refractivity contribution < 1.29 is 4.79 Å². The van der Waals surface area contributed by atoms with Crippen molar-refractivity contribution in [3.63, 3.8) is 0 Å². The van der Waals surface area contributed by atoms with Gasteiger partial charge in [-0.15, -0.1) is 11.3 Å². The molecule has 5 rings (SSSR count). The van der Waals surface area contributed by atoms with Crippen molar-refractivity contribution in [2.75, 3.05) is 5.32 Å². The van der Waals surface area contributed by atoms with Crippen LogP contribution in [0.3, 0.4) is 0 Å². The Labute approximate surface area is 185 Å². The molecule has 156 valence electrons. The second-order valence-corrected chi connectivity index (χ2v) is 14.7. The molecule has 4 aromatic heterocycles. The van der Waals surface area contributed by atoms with Gasteiger partial charge in [0.15, 0.2) is 0 Å². The molecule has 1 aromatic carbocycles. The SMILES string of the molecule is C[Si](C)(C)c1ccc2c(c1)cc(C(=O)Nc1cnc3[nH]ccc3c1)n2Cc1nccs1. The maximum Gasteiger partial charge on any atom is 0.272 e. The Hall–Kier alpha value is -3.23. The van der Waals surface area contributed by atoms with Crippen molar-refractivity contribution in [2.24, 2.45) is 0 Å². The molecule has 0 unspecified atom stereocenters. The molecule has 5 aromatic rings. The summed E-state index contributed by atoms with van der Waals surface area (Å²) in [5.41, 5.74) is 3.13. The van der Waals surface area contributed by atoms with Crippen LogP contribution in [0.5, 0.6) is 0 Å². The van der Waals surface area contributed by atoms with Crippen LogP contribution in [0.2, 0.25) is 19.6 Å². The van der Waals surface area contributed by atoms with E-state index in [2.05, 4.69) is 62.7 Å². The number of pyridine rings is 1. The maximum absolute atomic E-state index is 13.3. The lowest BCUT2D eigenvalue weighted by molar-refractivity contribution is 0.101. The highest BCUT2D eigenvalue weighted by atomic mass is 32.1. The first-order valence-corrected chi connectivity index (χ1v) is 14.5. The third-order valence-corrected chi connectivity index (χ3v) is 8.24. The average Bonchev–Trinajstić information content (AvgIpc) is 3.47. The van der Waals surface area contributed by atoms with Crippen LogP contribution in [0.15, 0.2) is 60.4 Å². The van der Waals surface area contributed by atoms with Crippen LogP contribution < -0.4 is 10.5 Å². The van der Waals surface area contributed by atoms with Gasteiger partial charge in [0.05, 0.1) is 26.5 Å². The summed E-state index contributed by atoms with van der Waals surface area (Å²) in [7, 11) is -1.46. The van der Waals surface area contributed by atoms with E-state index in [4.69, 9.17) is 0 Å². The Morgan fingerprint density at radius 1 is 1.13 bits per heavy atom. The second kappa shape index (κ2) is 7.47. The van der Waals surface area contributed by atoms with Crippen LogP contribution in [0, 0.1) is 0 Å². The zero-order valence-corrected chi connectivity index (χ0v) is 19.5. The Morgan fingerprint density at radius 2 is 2.00 bits per heavy atom. The molecule has 8 heteroatoms. The first-order valence-electron chi connectivity index (χ1n) is 10.1. The average molecular weight is 446 g/mol. The van der Waals surface area contributed by atoms with Gasteiger partial charge in [-0.1, -0.05) is 37.0 Å². The molecular formula is C23H23N5OSSi. The van der Waals surface area contributed by atoms with Gasteiger partial charge in [-0.25, -0.2) is 9.97 Å². The van der Waals surface area contributed by atoms with E-state index in [0.717, 1.165) is 26.9 Å². The summed E-state index contributed by atoms with van der Waals surface area (Å²) in [5, 5.41) is 9.37. The number of amides is 1. The molecule has 31 heavy (non-hydrogen) atoms. The number of rotatable bonds is 5. The van der Waals surface area contributed by atoms with E-state index in [-0.39, 0.29) is 5.91 Å². The highest BCUT2D eigenvalue weighted by molar-refractivity contribution is 7.09. The van der Waals surface area contributed by atoms with Crippen LogP contribution in [0.4, 0.5) is 5.69 Å². The summed E-state index contributed by atoms with van der Waals surface area (Å²) in [4.78, 5) is 25.2. The molecule has 0 bridgehead atoms. The molecule has 4 heterocycles. The zero-order chi connectivity index (χ0) is 21.6. The Morgan fingerprint density at radius 3 is 2.77 bits per heavy atom. The molecule has 0 fully saturated rings. The zero-order valence-electron chi connectivity index (χ0n) is 17.6. The molecule has 2 N–H and O–H groups in total. The smallest absolute Gasteiger partial charge is 0.272 e. The van der Waals surface area contributed by atoms with E-state index in [1.54, 1.807) is 23.7 Å². The van der Waals surface area contributed by atoms with Gasteiger partial charge in [0, 0.05) is 34.1 Å². The predicted octanol–water partition coefficient (Wildman–Crippen LogP) is 4.82. The fraction of sp³-hybridized carbons (Fsp3) is 0.174. The number of carbonyl (C=O) groups is 1. The van der Waals surface area contributed by atoms with E-state index in [1.807, 2.05) is 29.8 Å². The van der Waals surface area contributed by atoms with E-state index in [1.165, 1.54) is 5.19 Å². The van der Waals surface area contributed by atoms with Gasteiger partial charge >= 0.3 is 0 Å². The number of hydrogen-bond donors (Lipinski definition) is 2. The van der Waals surface area contributed by atoms with Gasteiger partial charge in [0.25, 0.3) is 5.91 Å². The number of H-pyrrole nitrogens is 1. The molecule has 0 saturated heterocycles. The van der Waals surface area contributed by atoms with Crippen LogP contribution >= 0.6 is 11.3 Å².